The highest BCUT2D eigenvalue weighted by Crippen LogP contribution is 2.31. The third-order valence-electron chi connectivity index (χ3n) is 2.75. The number of nitrogens with zero attached hydrogens (tertiary/aromatic N) is 2. The maximum atomic E-state index is 12.7. The maximum Gasteiger partial charge on any atom is 0.435 e. The number of halogens is 4. The van der Waals surface area contributed by atoms with Crippen molar-refractivity contribution in [3.05, 3.63) is 41.6 Å². The lowest BCUT2D eigenvalue weighted by atomic mass is 10.1. The Morgan fingerprint density at radius 2 is 1.95 bits per heavy atom. The van der Waals surface area contributed by atoms with Crippen molar-refractivity contribution < 1.29 is 17.6 Å². The van der Waals surface area contributed by atoms with Crippen molar-refractivity contribution in [3.8, 4) is 5.69 Å². The highest BCUT2D eigenvalue weighted by Gasteiger charge is 2.35. The molecule has 0 saturated carbocycles. The van der Waals surface area contributed by atoms with Crippen molar-refractivity contribution in [2.45, 2.75) is 6.18 Å². The number of allylic oxidation sites excluding steroid dienone is 1. The van der Waals surface area contributed by atoms with Gasteiger partial charge in [0.25, 0.3) is 0 Å². The van der Waals surface area contributed by atoms with E-state index in [9.17, 15) is 17.6 Å². The van der Waals surface area contributed by atoms with Crippen LogP contribution in [-0.4, -0.2) is 16.5 Å². The van der Waals surface area contributed by atoms with Crippen LogP contribution in [0, 0.1) is 0 Å². The molecule has 21 heavy (non-hydrogen) atoms. The van der Waals surface area contributed by atoms with Crippen LogP contribution in [0.4, 0.5) is 29.1 Å². The van der Waals surface area contributed by atoms with E-state index in [2.05, 4.69) is 5.10 Å². The standard InChI is InChI=1S/C13H12F4N4/c14-6-2-3-8-9(18)4-1-5-10(8)21-12(19)7-11(20-21)13(15,16)17/h1-5,7H,6,18-19H2. The third kappa shape index (κ3) is 2.99. The van der Waals surface area contributed by atoms with E-state index >= 15 is 0 Å². The Bertz CT molecular complexity index is 673. The summed E-state index contributed by atoms with van der Waals surface area (Å²) in [6, 6.07) is 5.32. The van der Waals surface area contributed by atoms with Gasteiger partial charge in [0.2, 0.25) is 0 Å². The van der Waals surface area contributed by atoms with E-state index in [0.717, 1.165) is 10.7 Å². The number of rotatable bonds is 3. The van der Waals surface area contributed by atoms with Gasteiger partial charge in [-0.05, 0) is 12.1 Å². The lowest BCUT2D eigenvalue weighted by molar-refractivity contribution is -0.141. The first-order chi connectivity index (χ1) is 9.84. The average Bonchev–Trinajstić information content (AvgIpc) is 2.79. The van der Waals surface area contributed by atoms with Crippen LogP contribution in [0.5, 0.6) is 0 Å². The summed E-state index contributed by atoms with van der Waals surface area (Å²) < 4.78 is 51.2. The van der Waals surface area contributed by atoms with Crippen molar-refractivity contribution in [2.75, 3.05) is 18.1 Å². The van der Waals surface area contributed by atoms with Crippen molar-refractivity contribution in [1.29, 1.82) is 0 Å². The summed E-state index contributed by atoms with van der Waals surface area (Å²) in [6.07, 6.45) is -2.03. The monoisotopic (exact) mass is 300 g/mol. The molecule has 2 rings (SSSR count). The summed E-state index contributed by atoms with van der Waals surface area (Å²) in [5.41, 5.74) is 11.1. The fourth-order valence-electron chi connectivity index (χ4n) is 1.83. The SMILES string of the molecule is Nc1cccc(-n2nc(C(F)(F)F)cc2N)c1C=CCF. The second-order valence-electron chi connectivity index (χ2n) is 4.20. The minimum Gasteiger partial charge on any atom is -0.398 e. The molecule has 1 aromatic carbocycles. The molecule has 0 atom stereocenters. The lowest BCUT2D eigenvalue weighted by Crippen LogP contribution is -2.09. The number of nitrogens with two attached hydrogens (primary N) is 2. The Morgan fingerprint density at radius 1 is 1.24 bits per heavy atom. The molecule has 0 aliphatic rings. The summed E-state index contributed by atoms with van der Waals surface area (Å²) in [5.74, 6) is -0.192. The summed E-state index contributed by atoms with van der Waals surface area (Å²) in [6.45, 7) is -0.726. The Kier molecular flexibility index (Phi) is 3.88. The number of anilines is 2. The average molecular weight is 300 g/mol. The molecule has 2 aromatic rings. The zero-order valence-electron chi connectivity index (χ0n) is 10.7. The molecule has 4 nitrogen and oxygen atoms in total. The molecule has 0 radical (unpaired) electrons. The largest absolute Gasteiger partial charge is 0.435 e. The van der Waals surface area contributed by atoms with Gasteiger partial charge >= 0.3 is 6.18 Å². The van der Waals surface area contributed by atoms with Gasteiger partial charge < -0.3 is 11.5 Å². The lowest BCUT2D eigenvalue weighted by Gasteiger charge is -2.10. The van der Waals surface area contributed by atoms with Crippen molar-refractivity contribution >= 4 is 17.6 Å². The molecule has 0 bridgehead atoms. The first-order valence-electron chi connectivity index (χ1n) is 5.88. The Morgan fingerprint density at radius 3 is 2.52 bits per heavy atom. The van der Waals surface area contributed by atoms with Crippen molar-refractivity contribution in [2.24, 2.45) is 0 Å². The van der Waals surface area contributed by atoms with Gasteiger partial charge in [0, 0.05) is 17.3 Å². The van der Waals surface area contributed by atoms with E-state index in [1.54, 1.807) is 12.1 Å². The number of aromatic nitrogens is 2. The van der Waals surface area contributed by atoms with Crippen molar-refractivity contribution in [1.82, 2.24) is 9.78 Å². The summed E-state index contributed by atoms with van der Waals surface area (Å²) >= 11 is 0. The van der Waals surface area contributed by atoms with E-state index in [1.165, 1.54) is 18.2 Å². The fraction of sp³-hybridized carbons (Fsp3) is 0.154. The van der Waals surface area contributed by atoms with E-state index in [4.69, 9.17) is 11.5 Å². The van der Waals surface area contributed by atoms with Gasteiger partial charge in [0.1, 0.15) is 12.5 Å². The Hall–Kier alpha value is -2.51. The third-order valence-corrected chi connectivity index (χ3v) is 2.75. The number of benzene rings is 1. The van der Waals surface area contributed by atoms with Gasteiger partial charge in [0.15, 0.2) is 5.69 Å². The van der Waals surface area contributed by atoms with E-state index in [1.807, 2.05) is 0 Å². The first kappa shape index (κ1) is 14.9. The second-order valence-corrected chi connectivity index (χ2v) is 4.20. The quantitative estimate of drug-likeness (QED) is 0.676. The zero-order chi connectivity index (χ0) is 15.6. The number of hydrogen-bond donors (Lipinski definition) is 2. The Balaban J connectivity index is 2.60. The highest BCUT2D eigenvalue weighted by molar-refractivity contribution is 5.73. The van der Waals surface area contributed by atoms with Gasteiger partial charge in [-0.3, -0.25) is 0 Å². The van der Waals surface area contributed by atoms with Gasteiger partial charge in [-0.15, -0.1) is 0 Å². The van der Waals surface area contributed by atoms with Crippen LogP contribution in [-0.2, 0) is 6.18 Å². The number of alkyl halides is 4. The van der Waals surface area contributed by atoms with E-state index in [0.29, 0.717) is 5.56 Å². The summed E-state index contributed by atoms with van der Waals surface area (Å²) in [4.78, 5) is 0. The van der Waals surface area contributed by atoms with Crippen LogP contribution >= 0.6 is 0 Å². The molecule has 1 heterocycles. The van der Waals surface area contributed by atoms with Crippen LogP contribution in [0.15, 0.2) is 30.3 Å². The smallest absolute Gasteiger partial charge is 0.398 e. The molecule has 0 unspecified atom stereocenters. The highest BCUT2D eigenvalue weighted by atomic mass is 19.4. The number of hydrogen-bond acceptors (Lipinski definition) is 3. The summed E-state index contributed by atoms with van der Waals surface area (Å²) in [7, 11) is 0. The minimum absolute atomic E-state index is 0.192. The Labute approximate surface area is 117 Å². The predicted molar refractivity (Wildman–Crippen MR) is 72.4 cm³/mol. The second kappa shape index (κ2) is 5.47. The van der Waals surface area contributed by atoms with E-state index in [-0.39, 0.29) is 17.2 Å². The minimum atomic E-state index is -4.60. The van der Waals surface area contributed by atoms with E-state index < -0.39 is 18.5 Å². The molecule has 0 aliphatic carbocycles. The van der Waals surface area contributed by atoms with Crippen LogP contribution < -0.4 is 11.5 Å². The number of nitrogen functional groups attached to an aromatic ring is 2. The normalized spacial score (nSPS) is 12.2. The van der Waals surface area contributed by atoms with Crippen LogP contribution in [0.2, 0.25) is 0 Å². The first-order valence-corrected chi connectivity index (χ1v) is 5.88. The van der Waals surface area contributed by atoms with Gasteiger partial charge in [0.05, 0.1) is 5.69 Å². The molecule has 112 valence electrons. The molecule has 0 fully saturated rings. The molecule has 4 N–H and O–H groups in total. The molecule has 8 heteroatoms. The molecule has 0 aliphatic heterocycles. The van der Waals surface area contributed by atoms with Crippen LogP contribution in [0.3, 0.4) is 0 Å². The zero-order valence-corrected chi connectivity index (χ0v) is 10.7. The van der Waals surface area contributed by atoms with Gasteiger partial charge in [-0.2, -0.15) is 18.3 Å². The topological polar surface area (TPSA) is 69.9 Å². The molecule has 0 amide bonds. The molecular weight excluding hydrogens is 288 g/mol. The van der Waals surface area contributed by atoms with Crippen LogP contribution in [0.1, 0.15) is 11.3 Å². The predicted octanol–water partition coefficient (Wildman–Crippen LogP) is 3.04. The molecule has 0 saturated heterocycles. The van der Waals surface area contributed by atoms with Crippen molar-refractivity contribution in [3.63, 3.8) is 0 Å². The van der Waals surface area contributed by atoms with Crippen LogP contribution in [0.25, 0.3) is 11.8 Å². The maximum absolute atomic E-state index is 12.7. The molecular formula is C13H12F4N4. The van der Waals surface area contributed by atoms with Gasteiger partial charge in [-0.25, -0.2) is 9.07 Å². The fourth-order valence-corrected chi connectivity index (χ4v) is 1.83. The molecule has 0 spiro atoms. The van der Waals surface area contributed by atoms with Gasteiger partial charge in [-0.1, -0.05) is 18.2 Å². The summed E-state index contributed by atoms with van der Waals surface area (Å²) in [5, 5.41) is 3.44. The molecule has 1 aromatic heterocycles.